The zero-order chi connectivity index (χ0) is 22.6. The predicted molar refractivity (Wildman–Crippen MR) is 127 cm³/mol. The number of piperidine rings is 1. The Kier molecular flexibility index (Phi) is 6.51. The maximum absolute atomic E-state index is 13.2. The summed E-state index contributed by atoms with van der Waals surface area (Å²) in [4.78, 5) is 34.5. The van der Waals surface area contributed by atoms with Crippen LogP contribution in [-0.2, 0) is 9.59 Å². The zero-order valence-electron chi connectivity index (χ0n) is 18.8. The predicted octanol–water partition coefficient (Wildman–Crippen LogP) is 2.54. The fourth-order valence-corrected chi connectivity index (χ4v) is 5.16. The summed E-state index contributed by atoms with van der Waals surface area (Å²) in [7, 11) is 0. The standard InChI is InChI=1S/C26H31N5O2/c32-25(30-14-10-20(11-15-30)19-6-2-1-3-7-19)22-9-5-13-31(18-22)26(33)24-16-23(28-29-24)21-8-4-12-27-17-21/h1-4,6-8,10,12,17,22-24,28-29H,5,9,11,13-16,18H2. The van der Waals surface area contributed by atoms with Gasteiger partial charge in [-0.1, -0.05) is 42.5 Å². The number of hydrogen-bond donors (Lipinski definition) is 2. The van der Waals surface area contributed by atoms with Gasteiger partial charge >= 0.3 is 0 Å². The van der Waals surface area contributed by atoms with E-state index in [1.807, 2.05) is 34.2 Å². The molecule has 2 fully saturated rings. The monoisotopic (exact) mass is 445 g/mol. The van der Waals surface area contributed by atoms with Gasteiger partial charge in [-0.25, -0.2) is 10.9 Å². The Labute approximate surface area is 194 Å². The molecule has 2 amide bonds. The third kappa shape index (κ3) is 4.84. The van der Waals surface area contributed by atoms with Gasteiger partial charge in [0.1, 0.15) is 6.04 Å². The fourth-order valence-electron chi connectivity index (χ4n) is 5.16. The van der Waals surface area contributed by atoms with Gasteiger partial charge in [0.05, 0.1) is 5.92 Å². The Morgan fingerprint density at radius 3 is 2.61 bits per heavy atom. The molecular weight excluding hydrogens is 414 g/mol. The highest BCUT2D eigenvalue weighted by molar-refractivity contribution is 5.85. The average molecular weight is 446 g/mol. The van der Waals surface area contributed by atoms with Crippen molar-refractivity contribution in [2.75, 3.05) is 26.2 Å². The molecule has 1 aromatic carbocycles. The third-order valence-corrected chi connectivity index (χ3v) is 7.04. The first-order chi connectivity index (χ1) is 16.2. The average Bonchev–Trinajstić information content (AvgIpc) is 3.39. The molecule has 3 aliphatic rings. The van der Waals surface area contributed by atoms with Crippen molar-refractivity contribution in [2.24, 2.45) is 5.92 Å². The maximum Gasteiger partial charge on any atom is 0.241 e. The number of hydrazine groups is 1. The highest BCUT2D eigenvalue weighted by Crippen LogP contribution is 2.27. The van der Waals surface area contributed by atoms with Crippen molar-refractivity contribution in [3.8, 4) is 0 Å². The van der Waals surface area contributed by atoms with Crippen LogP contribution in [0.5, 0.6) is 0 Å². The molecule has 2 saturated heterocycles. The number of amides is 2. The summed E-state index contributed by atoms with van der Waals surface area (Å²) < 4.78 is 0. The number of nitrogens with zero attached hydrogens (tertiary/aromatic N) is 3. The summed E-state index contributed by atoms with van der Waals surface area (Å²) in [5, 5.41) is 0. The molecule has 3 atom stereocenters. The molecule has 3 aliphatic heterocycles. The van der Waals surface area contributed by atoms with E-state index in [2.05, 4.69) is 46.2 Å². The number of carbonyl (C=O) groups is 2. The molecule has 33 heavy (non-hydrogen) atoms. The molecule has 2 N–H and O–H groups in total. The SMILES string of the molecule is O=C(C1CCCN(C(=O)C2CC(c3cccnc3)NN2)C1)N1CC=C(c2ccccc2)CC1. The number of nitrogens with one attached hydrogen (secondary N) is 2. The van der Waals surface area contributed by atoms with Gasteiger partial charge in [0.25, 0.3) is 0 Å². The van der Waals surface area contributed by atoms with Crippen LogP contribution >= 0.6 is 0 Å². The van der Waals surface area contributed by atoms with E-state index in [-0.39, 0.29) is 29.8 Å². The van der Waals surface area contributed by atoms with Crippen molar-refractivity contribution >= 4 is 17.4 Å². The van der Waals surface area contributed by atoms with Gasteiger partial charge in [-0.05, 0) is 48.4 Å². The van der Waals surface area contributed by atoms with Crippen molar-refractivity contribution < 1.29 is 9.59 Å². The van der Waals surface area contributed by atoms with E-state index in [1.165, 1.54) is 11.1 Å². The first-order valence-electron chi connectivity index (χ1n) is 11.9. The zero-order valence-corrected chi connectivity index (χ0v) is 18.8. The van der Waals surface area contributed by atoms with Crippen molar-refractivity contribution in [1.82, 2.24) is 25.6 Å². The Hall–Kier alpha value is -3.03. The Balaban J connectivity index is 1.17. The second-order valence-corrected chi connectivity index (χ2v) is 9.17. The second-order valence-electron chi connectivity index (χ2n) is 9.17. The number of benzene rings is 1. The number of aromatic nitrogens is 1. The summed E-state index contributed by atoms with van der Waals surface area (Å²) in [5.74, 6) is 0.149. The van der Waals surface area contributed by atoms with Gasteiger partial charge in [0.2, 0.25) is 11.8 Å². The van der Waals surface area contributed by atoms with Crippen LogP contribution < -0.4 is 10.9 Å². The first-order valence-corrected chi connectivity index (χ1v) is 11.9. The molecule has 7 heteroatoms. The van der Waals surface area contributed by atoms with Gasteiger partial charge in [-0.15, -0.1) is 0 Å². The lowest BCUT2D eigenvalue weighted by Crippen LogP contribution is -2.52. The van der Waals surface area contributed by atoms with E-state index < -0.39 is 0 Å². The van der Waals surface area contributed by atoms with Crippen LogP contribution in [0.15, 0.2) is 60.9 Å². The lowest BCUT2D eigenvalue weighted by atomic mass is 9.93. The number of hydrogen-bond acceptors (Lipinski definition) is 5. The van der Waals surface area contributed by atoms with Gasteiger partial charge in [0, 0.05) is 44.6 Å². The molecule has 2 aromatic rings. The number of rotatable bonds is 4. The first kappa shape index (κ1) is 21.8. The highest BCUT2D eigenvalue weighted by atomic mass is 16.2. The van der Waals surface area contributed by atoms with Crippen molar-refractivity contribution in [3.63, 3.8) is 0 Å². The molecule has 0 bridgehead atoms. The van der Waals surface area contributed by atoms with Crippen molar-refractivity contribution in [3.05, 3.63) is 72.1 Å². The second kappa shape index (κ2) is 9.85. The van der Waals surface area contributed by atoms with Gasteiger partial charge < -0.3 is 9.80 Å². The Morgan fingerprint density at radius 1 is 0.970 bits per heavy atom. The quantitative estimate of drug-likeness (QED) is 0.756. The van der Waals surface area contributed by atoms with Crippen LogP contribution in [0, 0.1) is 5.92 Å². The van der Waals surface area contributed by atoms with Crippen LogP contribution in [0.4, 0.5) is 0 Å². The lowest BCUT2D eigenvalue weighted by molar-refractivity contribution is -0.141. The minimum absolute atomic E-state index is 0.0637. The third-order valence-electron chi connectivity index (χ3n) is 7.04. The minimum Gasteiger partial charge on any atom is -0.341 e. The van der Waals surface area contributed by atoms with Gasteiger partial charge in [0.15, 0.2) is 0 Å². The topological polar surface area (TPSA) is 77.6 Å². The van der Waals surface area contributed by atoms with Crippen LogP contribution in [0.25, 0.3) is 5.57 Å². The number of likely N-dealkylation sites (tertiary alicyclic amines) is 1. The molecule has 172 valence electrons. The highest BCUT2D eigenvalue weighted by Gasteiger charge is 2.37. The van der Waals surface area contributed by atoms with E-state index in [0.717, 1.165) is 37.9 Å². The molecular formula is C26H31N5O2. The van der Waals surface area contributed by atoms with Crippen LogP contribution in [-0.4, -0.2) is 58.8 Å². The molecule has 0 spiro atoms. The molecule has 0 saturated carbocycles. The molecule has 5 rings (SSSR count). The van der Waals surface area contributed by atoms with Crippen LogP contribution in [0.2, 0.25) is 0 Å². The lowest BCUT2D eigenvalue weighted by Gasteiger charge is -2.36. The smallest absolute Gasteiger partial charge is 0.241 e. The van der Waals surface area contributed by atoms with E-state index in [9.17, 15) is 9.59 Å². The maximum atomic E-state index is 13.2. The molecule has 0 radical (unpaired) electrons. The molecule has 4 heterocycles. The van der Waals surface area contributed by atoms with E-state index in [0.29, 0.717) is 19.5 Å². The largest absolute Gasteiger partial charge is 0.341 e. The summed E-state index contributed by atoms with van der Waals surface area (Å²) in [6.07, 6.45) is 9.03. The van der Waals surface area contributed by atoms with Crippen LogP contribution in [0.3, 0.4) is 0 Å². The summed E-state index contributed by atoms with van der Waals surface area (Å²) in [6, 6.07) is 14.1. The Bertz CT molecular complexity index is 1010. The summed E-state index contributed by atoms with van der Waals surface area (Å²) in [5.41, 5.74) is 10.0. The van der Waals surface area contributed by atoms with E-state index in [4.69, 9.17) is 0 Å². The normalized spacial score (nSPS) is 25.6. The number of pyridine rings is 1. The molecule has 1 aromatic heterocycles. The van der Waals surface area contributed by atoms with Crippen molar-refractivity contribution in [1.29, 1.82) is 0 Å². The molecule has 3 unspecified atom stereocenters. The van der Waals surface area contributed by atoms with E-state index in [1.54, 1.807) is 6.20 Å². The summed E-state index contributed by atoms with van der Waals surface area (Å²) in [6.45, 7) is 2.62. The molecule has 0 aliphatic carbocycles. The van der Waals surface area contributed by atoms with Crippen LogP contribution in [0.1, 0.15) is 42.9 Å². The Morgan fingerprint density at radius 2 is 1.85 bits per heavy atom. The number of carbonyl (C=O) groups excluding carboxylic acids is 2. The van der Waals surface area contributed by atoms with Gasteiger partial charge in [-0.3, -0.25) is 14.6 Å². The van der Waals surface area contributed by atoms with Gasteiger partial charge in [-0.2, -0.15) is 0 Å². The van der Waals surface area contributed by atoms with E-state index >= 15 is 0 Å². The minimum atomic E-state index is -0.282. The summed E-state index contributed by atoms with van der Waals surface area (Å²) >= 11 is 0. The fraction of sp³-hybridized carbons (Fsp3) is 0.423. The van der Waals surface area contributed by atoms with Crippen molar-refractivity contribution in [2.45, 2.75) is 37.8 Å². The molecule has 7 nitrogen and oxygen atoms in total.